The Hall–Kier alpha value is -0.870. The molecule has 3 N–H and O–H groups in total. The van der Waals surface area contributed by atoms with Crippen LogP contribution in [0.1, 0.15) is 38.7 Å². The minimum Gasteiger partial charge on any atom is -0.355 e. The molecule has 0 aliphatic carbocycles. The highest BCUT2D eigenvalue weighted by molar-refractivity contribution is 9.10. The van der Waals surface area contributed by atoms with Crippen LogP contribution in [0.2, 0.25) is 0 Å². The Kier molecular flexibility index (Phi) is 6.52. The molecule has 2 unspecified atom stereocenters. The topological polar surface area (TPSA) is 55.1 Å². The maximum absolute atomic E-state index is 11.8. The molecule has 0 spiro atoms. The van der Waals surface area contributed by atoms with Crippen LogP contribution in [0, 0.1) is 5.92 Å². The van der Waals surface area contributed by atoms with Crippen LogP contribution in [0.4, 0.5) is 0 Å². The van der Waals surface area contributed by atoms with Crippen LogP contribution in [0.3, 0.4) is 0 Å². The van der Waals surface area contributed by atoms with E-state index in [1.54, 1.807) is 0 Å². The number of nitrogens with two attached hydrogens (primary N) is 1. The fourth-order valence-corrected chi connectivity index (χ4v) is 1.99. The number of rotatable bonds is 6. The number of halogens is 1. The number of benzene rings is 1. The molecule has 0 saturated carbocycles. The quantitative estimate of drug-likeness (QED) is 0.844. The van der Waals surface area contributed by atoms with Gasteiger partial charge in [-0.3, -0.25) is 4.79 Å². The van der Waals surface area contributed by atoms with E-state index in [-0.39, 0.29) is 17.9 Å². The van der Waals surface area contributed by atoms with Crippen molar-refractivity contribution in [2.45, 2.75) is 39.2 Å². The lowest BCUT2D eigenvalue weighted by atomic mass is 9.97. The summed E-state index contributed by atoms with van der Waals surface area (Å²) in [7, 11) is 0. The molecule has 0 fully saturated rings. The van der Waals surface area contributed by atoms with Gasteiger partial charge in [-0.25, -0.2) is 0 Å². The predicted molar refractivity (Wildman–Crippen MR) is 83.0 cm³/mol. The van der Waals surface area contributed by atoms with Gasteiger partial charge in [0.25, 0.3) is 0 Å². The van der Waals surface area contributed by atoms with Crippen molar-refractivity contribution in [3.8, 4) is 0 Å². The Morgan fingerprint density at radius 2 is 1.84 bits per heavy atom. The van der Waals surface area contributed by atoms with Crippen LogP contribution in [0.25, 0.3) is 0 Å². The van der Waals surface area contributed by atoms with Gasteiger partial charge in [0.15, 0.2) is 0 Å². The number of amides is 1. The van der Waals surface area contributed by atoms with Gasteiger partial charge in [0.1, 0.15) is 0 Å². The fourth-order valence-electron chi connectivity index (χ4n) is 1.73. The zero-order chi connectivity index (χ0) is 14.4. The molecule has 3 nitrogen and oxygen atoms in total. The van der Waals surface area contributed by atoms with Crippen molar-refractivity contribution in [1.82, 2.24) is 5.32 Å². The summed E-state index contributed by atoms with van der Waals surface area (Å²) >= 11 is 3.41. The van der Waals surface area contributed by atoms with Gasteiger partial charge in [0, 0.05) is 23.5 Å². The van der Waals surface area contributed by atoms with Gasteiger partial charge in [-0.2, -0.15) is 0 Å². The standard InChI is InChI=1S/C15H23BrN2O/c1-10(2)14(17)9-18-15(19)8-11(3)12-4-6-13(16)7-5-12/h4-7,10-11,14H,8-9,17H2,1-3H3,(H,18,19). The van der Waals surface area contributed by atoms with E-state index in [1.807, 2.05) is 24.3 Å². The van der Waals surface area contributed by atoms with E-state index < -0.39 is 0 Å². The van der Waals surface area contributed by atoms with Crippen molar-refractivity contribution >= 4 is 21.8 Å². The number of hydrogen-bond donors (Lipinski definition) is 2. The molecule has 1 amide bonds. The smallest absolute Gasteiger partial charge is 0.220 e. The third-order valence-electron chi connectivity index (χ3n) is 3.32. The van der Waals surface area contributed by atoms with E-state index in [0.29, 0.717) is 18.9 Å². The lowest BCUT2D eigenvalue weighted by Gasteiger charge is -2.17. The summed E-state index contributed by atoms with van der Waals surface area (Å²) in [5.41, 5.74) is 7.08. The molecule has 0 aromatic heterocycles. The van der Waals surface area contributed by atoms with Crippen molar-refractivity contribution in [2.75, 3.05) is 6.54 Å². The van der Waals surface area contributed by atoms with Crippen LogP contribution in [-0.2, 0) is 4.79 Å². The number of carbonyl (C=O) groups is 1. The van der Waals surface area contributed by atoms with Crippen LogP contribution >= 0.6 is 15.9 Å². The summed E-state index contributed by atoms with van der Waals surface area (Å²) in [6.45, 7) is 6.72. The number of carbonyl (C=O) groups excluding carboxylic acids is 1. The molecule has 0 saturated heterocycles. The van der Waals surface area contributed by atoms with Gasteiger partial charge in [-0.05, 0) is 29.5 Å². The van der Waals surface area contributed by atoms with E-state index in [1.165, 1.54) is 5.56 Å². The minimum atomic E-state index is 0.0203. The molecule has 0 aliphatic heterocycles. The van der Waals surface area contributed by atoms with Crippen LogP contribution in [0.15, 0.2) is 28.7 Å². The molecule has 0 heterocycles. The molecule has 0 radical (unpaired) electrons. The van der Waals surface area contributed by atoms with E-state index >= 15 is 0 Å². The van der Waals surface area contributed by atoms with E-state index in [0.717, 1.165) is 4.47 Å². The molecular weight excluding hydrogens is 304 g/mol. The third kappa shape index (κ3) is 5.74. The second-order valence-corrected chi connectivity index (χ2v) is 6.28. The summed E-state index contributed by atoms with van der Waals surface area (Å²) in [4.78, 5) is 11.8. The van der Waals surface area contributed by atoms with Crippen LogP contribution in [-0.4, -0.2) is 18.5 Å². The maximum atomic E-state index is 11.8. The molecule has 0 bridgehead atoms. The van der Waals surface area contributed by atoms with Crippen molar-refractivity contribution in [1.29, 1.82) is 0 Å². The van der Waals surface area contributed by atoms with Crippen LogP contribution in [0.5, 0.6) is 0 Å². The first kappa shape index (κ1) is 16.2. The molecular formula is C15H23BrN2O. The lowest BCUT2D eigenvalue weighted by molar-refractivity contribution is -0.121. The molecule has 106 valence electrons. The molecule has 19 heavy (non-hydrogen) atoms. The normalized spacial score (nSPS) is 14.2. The monoisotopic (exact) mass is 326 g/mol. The van der Waals surface area contributed by atoms with Gasteiger partial charge in [-0.15, -0.1) is 0 Å². The average Bonchev–Trinajstić information content (AvgIpc) is 2.36. The largest absolute Gasteiger partial charge is 0.355 e. The van der Waals surface area contributed by atoms with Crippen molar-refractivity contribution < 1.29 is 4.79 Å². The van der Waals surface area contributed by atoms with Crippen molar-refractivity contribution in [3.63, 3.8) is 0 Å². The van der Waals surface area contributed by atoms with E-state index in [4.69, 9.17) is 5.73 Å². The highest BCUT2D eigenvalue weighted by Gasteiger charge is 2.13. The highest BCUT2D eigenvalue weighted by atomic mass is 79.9. The van der Waals surface area contributed by atoms with E-state index in [2.05, 4.69) is 42.0 Å². The molecule has 1 rings (SSSR count). The molecule has 1 aromatic rings. The minimum absolute atomic E-state index is 0.0203. The summed E-state index contributed by atoms with van der Waals surface area (Å²) in [5.74, 6) is 0.652. The molecule has 1 aromatic carbocycles. The Bertz CT molecular complexity index is 403. The maximum Gasteiger partial charge on any atom is 0.220 e. The lowest BCUT2D eigenvalue weighted by Crippen LogP contribution is -2.40. The summed E-state index contributed by atoms with van der Waals surface area (Å²) in [6.07, 6.45) is 0.493. The zero-order valence-corrected chi connectivity index (χ0v) is 13.4. The predicted octanol–water partition coefficient (Wildman–Crippen LogP) is 3.04. The first-order valence-corrected chi connectivity index (χ1v) is 7.47. The van der Waals surface area contributed by atoms with Gasteiger partial charge < -0.3 is 11.1 Å². The first-order chi connectivity index (χ1) is 8.90. The van der Waals surface area contributed by atoms with Gasteiger partial charge >= 0.3 is 0 Å². The Morgan fingerprint density at radius 3 is 2.37 bits per heavy atom. The second kappa shape index (κ2) is 7.65. The Morgan fingerprint density at radius 1 is 1.26 bits per heavy atom. The van der Waals surface area contributed by atoms with Gasteiger partial charge in [0.05, 0.1) is 0 Å². The summed E-state index contributed by atoms with van der Waals surface area (Å²) in [6, 6.07) is 8.10. The molecule has 0 aliphatic rings. The zero-order valence-electron chi connectivity index (χ0n) is 11.8. The SMILES string of the molecule is CC(CC(=O)NCC(N)C(C)C)c1ccc(Br)cc1. The Labute approximate surface area is 124 Å². The number of hydrogen-bond acceptors (Lipinski definition) is 2. The van der Waals surface area contributed by atoms with Gasteiger partial charge in [0.2, 0.25) is 5.91 Å². The highest BCUT2D eigenvalue weighted by Crippen LogP contribution is 2.21. The molecule has 2 atom stereocenters. The van der Waals surface area contributed by atoms with Gasteiger partial charge in [-0.1, -0.05) is 48.8 Å². The second-order valence-electron chi connectivity index (χ2n) is 5.37. The van der Waals surface area contributed by atoms with E-state index in [9.17, 15) is 4.79 Å². The third-order valence-corrected chi connectivity index (χ3v) is 3.85. The first-order valence-electron chi connectivity index (χ1n) is 6.68. The summed E-state index contributed by atoms with van der Waals surface area (Å²) < 4.78 is 1.05. The average molecular weight is 327 g/mol. The van der Waals surface area contributed by atoms with Crippen molar-refractivity contribution in [2.24, 2.45) is 11.7 Å². The van der Waals surface area contributed by atoms with Crippen LogP contribution < -0.4 is 11.1 Å². The fraction of sp³-hybridized carbons (Fsp3) is 0.533. The summed E-state index contributed by atoms with van der Waals surface area (Å²) in [5, 5.41) is 2.90. The molecule has 4 heteroatoms. The Balaban J connectivity index is 2.42. The number of nitrogens with one attached hydrogen (secondary N) is 1. The van der Waals surface area contributed by atoms with Crippen molar-refractivity contribution in [3.05, 3.63) is 34.3 Å².